The predicted octanol–water partition coefficient (Wildman–Crippen LogP) is 3.90. The molecule has 1 N–H and O–H groups in total. The molecule has 2 aliphatic heterocycles. The molecule has 0 aliphatic carbocycles. The normalized spacial score (nSPS) is 31.7. The van der Waals surface area contributed by atoms with Crippen LogP contribution in [-0.2, 0) is 4.74 Å². The second-order valence-electron chi connectivity index (χ2n) is 8.99. The number of thioether (sulfide) groups is 1. The van der Waals surface area contributed by atoms with Crippen LogP contribution < -0.4 is 5.32 Å². The molecule has 2 heterocycles. The van der Waals surface area contributed by atoms with E-state index in [-0.39, 0.29) is 12.1 Å². The molecule has 1 amide bonds. The van der Waals surface area contributed by atoms with Crippen LogP contribution >= 0.6 is 11.8 Å². The second-order valence-corrected chi connectivity index (χ2v) is 10.0. The standard InChI is InChI=1S/C18H34N2O2S/c1-13-9-14(19-15-10-18(5,6)12-23-11-15)7-8-20(13)16(21)22-17(2,3)4/h13-15,19H,7-12H2,1-6H3. The number of piperidine rings is 1. The molecule has 0 aromatic carbocycles. The highest BCUT2D eigenvalue weighted by Crippen LogP contribution is 2.34. The fourth-order valence-corrected chi connectivity index (χ4v) is 4.90. The van der Waals surface area contributed by atoms with Crippen molar-refractivity contribution in [1.82, 2.24) is 10.2 Å². The van der Waals surface area contributed by atoms with Gasteiger partial charge in [-0.1, -0.05) is 13.8 Å². The quantitative estimate of drug-likeness (QED) is 0.826. The summed E-state index contributed by atoms with van der Waals surface area (Å²) in [5.74, 6) is 2.47. The van der Waals surface area contributed by atoms with Crippen molar-refractivity contribution in [3.8, 4) is 0 Å². The Hall–Kier alpha value is -0.420. The second kappa shape index (κ2) is 7.22. The van der Waals surface area contributed by atoms with Gasteiger partial charge in [0.1, 0.15) is 5.60 Å². The smallest absolute Gasteiger partial charge is 0.410 e. The van der Waals surface area contributed by atoms with Crippen LogP contribution in [0.4, 0.5) is 4.79 Å². The average molecular weight is 343 g/mol. The minimum atomic E-state index is -0.420. The van der Waals surface area contributed by atoms with Crippen molar-refractivity contribution in [3.63, 3.8) is 0 Å². The molecule has 0 radical (unpaired) electrons. The van der Waals surface area contributed by atoms with Gasteiger partial charge in [-0.25, -0.2) is 4.79 Å². The molecule has 23 heavy (non-hydrogen) atoms. The van der Waals surface area contributed by atoms with Gasteiger partial charge in [0.25, 0.3) is 0 Å². The Morgan fingerprint density at radius 3 is 2.57 bits per heavy atom. The summed E-state index contributed by atoms with van der Waals surface area (Å²) in [4.78, 5) is 14.2. The summed E-state index contributed by atoms with van der Waals surface area (Å²) in [5.41, 5.74) is 0.0141. The first-order valence-electron chi connectivity index (χ1n) is 8.89. The van der Waals surface area contributed by atoms with Crippen molar-refractivity contribution in [2.24, 2.45) is 5.41 Å². The zero-order valence-corrected chi connectivity index (χ0v) is 16.5. The van der Waals surface area contributed by atoms with E-state index < -0.39 is 5.60 Å². The van der Waals surface area contributed by atoms with Crippen LogP contribution in [0.2, 0.25) is 0 Å². The van der Waals surface area contributed by atoms with Crippen LogP contribution in [0, 0.1) is 5.41 Å². The molecular formula is C18H34N2O2S. The molecule has 0 aromatic heterocycles. The highest BCUT2D eigenvalue weighted by molar-refractivity contribution is 7.99. The van der Waals surface area contributed by atoms with E-state index in [2.05, 4.69) is 37.8 Å². The van der Waals surface area contributed by atoms with Gasteiger partial charge in [0.15, 0.2) is 0 Å². The maximum atomic E-state index is 12.3. The van der Waals surface area contributed by atoms with Gasteiger partial charge in [-0.3, -0.25) is 0 Å². The summed E-state index contributed by atoms with van der Waals surface area (Å²) in [5, 5.41) is 3.85. The number of rotatable bonds is 2. The van der Waals surface area contributed by atoms with E-state index in [1.165, 1.54) is 17.9 Å². The third kappa shape index (κ3) is 5.86. The first-order valence-corrected chi connectivity index (χ1v) is 10.0. The van der Waals surface area contributed by atoms with Crippen LogP contribution in [0.3, 0.4) is 0 Å². The predicted molar refractivity (Wildman–Crippen MR) is 98.1 cm³/mol. The van der Waals surface area contributed by atoms with E-state index in [1.54, 1.807) is 0 Å². The zero-order valence-electron chi connectivity index (χ0n) is 15.6. The van der Waals surface area contributed by atoms with Gasteiger partial charge < -0.3 is 15.0 Å². The topological polar surface area (TPSA) is 41.6 Å². The number of hydrogen-bond acceptors (Lipinski definition) is 4. The Balaban J connectivity index is 1.83. The first kappa shape index (κ1) is 18.9. The number of ether oxygens (including phenoxy) is 1. The summed E-state index contributed by atoms with van der Waals surface area (Å²) < 4.78 is 5.52. The lowest BCUT2D eigenvalue weighted by Gasteiger charge is -2.42. The van der Waals surface area contributed by atoms with Crippen molar-refractivity contribution in [3.05, 3.63) is 0 Å². The van der Waals surface area contributed by atoms with E-state index in [0.29, 0.717) is 17.5 Å². The summed E-state index contributed by atoms with van der Waals surface area (Å²) >= 11 is 2.06. The van der Waals surface area contributed by atoms with Crippen molar-refractivity contribution in [2.75, 3.05) is 18.1 Å². The van der Waals surface area contributed by atoms with Crippen molar-refractivity contribution >= 4 is 17.9 Å². The number of amides is 1. The lowest BCUT2D eigenvalue weighted by atomic mass is 9.87. The molecule has 2 aliphatic rings. The summed E-state index contributed by atoms with van der Waals surface area (Å²) in [6, 6.07) is 1.36. The van der Waals surface area contributed by atoms with Crippen LogP contribution in [0.5, 0.6) is 0 Å². The third-order valence-corrected chi connectivity index (χ3v) is 6.21. The lowest BCUT2D eigenvalue weighted by Crippen LogP contribution is -2.54. The molecule has 0 spiro atoms. The number of carbonyl (C=O) groups excluding carboxylic acids is 1. The molecule has 2 saturated heterocycles. The molecule has 3 unspecified atom stereocenters. The van der Waals surface area contributed by atoms with E-state index in [9.17, 15) is 4.79 Å². The molecule has 4 nitrogen and oxygen atoms in total. The zero-order chi connectivity index (χ0) is 17.3. The van der Waals surface area contributed by atoms with E-state index in [0.717, 1.165) is 19.4 Å². The molecule has 134 valence electrons. The maximum absolute atomic E-state index is 12.3. The molecule has 3 atom stereocenters. The largest absolute Gasteiger partial charge is 0.444 e. The average Bonchev–Trinajstić information content (AvgIpc) is 2.35. The Bertz CT molecular complexity index is 420. The Kier molecular flexibility index (Phi) is 5.94. The summed E-state index contributed by atoms with van der Waals surface area (Å²) in [6.45, 7) is 13.4. The number of carbonyl (C=O) groups is 1. The molecular weight excluding hydrogens is 308 g/mol. The lowest BCUT2D eigenvalue weighted by molar-refractivity contribution is 0.00893. The fourth-order valence-electron chi connectivity index (χ4n) is 3.62. The van der Waals surface area contributed by atoms with Gasteiger partial charge in [0.05, 0.1) is 0 Å². The number of likely N-dealkylation sites (tertiary alicyclic amines) is 1. The molecule has 2 rings (SSSR count). The minimum Gasteiger partial charge on any atom is -0.444 e. The summed E-state index contributed by atoms with van der Waals surface area (Å²) in [7, 11) is 0. The Labute approximate surface area is 146 Å². The molecule has 2 fully saturated rings. The van der Waals surface area contributed by atoms with E-state index in [1.807, 2.05) is 25.7 Å². The van der Waals surface area contributed by atoms with E-state index >= 15 is 0 Å². The SMILES string of the molecule is CC1CC(NC2CSCC(C)(C)C2)CCN1C(=O)OC(C)(C)C. The molecule has 5 heteroatoms. The molecule has 0 saturated carbocycles. The number of hydrogen-bond donors (Lipinski definition) is 1. The molecule has 0 aromatic rings. The maximum Gasteiger partial charge on any atom is 0.410 e. The van der Waals surface area contributed by atoms with E-state index in [4.69, 9.17) is 4.74 Å². The Morgan fingerprint density at radius 1 is 1.30 bits per heavy atom. The minimum absolute atomic E-state index is 0.169. The van der Waals surface area contributed by atoms with Crippen molar-refractivity contribution in [2.45, 2.75) is 84.5 Å². The van der Waals surface area contributed by atoms with Crippen LogP contribution in [0.1, 0.15) is 60.8 Å². The van der Waals surface area contributed by atoms with Crippen molar-refractivity contribution < 1.29 is 9.53 Å². The Morgan fingerprint density at radius 2 is 2.00 bits per heavy atom. The van der Waals surface area contributed by atoms with Gasteiger partial charge in [-0.15, -0.1) is 0 Å². The van der Waals surface area contributed by atoms with Crippen LogP contribution in [-0.4, -0.2) is 52.8 Å². The van der Waals surface area contributed by atoms with Gasteiger partial charge >= 0.3 is 6.09 Å². The monoisotopic (exact) mass is 342 g/mol. The van der Waals surface area contributed by atoms with Crippen LogP contribution in [0.15, 0.2) is 0 Å². The highest BCUT2D eigenvalue weighted by atomic mass is 32.2. The summed E-state index contributed by atoms with van der Waals surface area (Å²) in [6.07, 6.45) is 3.12. The van der Waals surface area contributed by atoms with Gasteiger partial charge in [0.2, 0.25) is 0 Å². The highest BCUT2D eigenvalue weighted by Gasteiger charge is 2.34. The number of nitrogens with one attached hydrogen (secondary N) is 1. The van der Waals surface area contributed by atoms with Crippen molar-refractivity contribution in [1.29, 1.82) is 0 Å². The molecule has 0 bridgehead atoms. The van der Waals surface area contributed by atoms with Gasteiger partial charge in [0, 0.05) is 30.4 Å². The van der Waals surface area contributed by atoms with Crippen LogP contribution in [0.25, 0.3) is 0 Å². The van der Waals surface area contributed by atoms with Gasteiger partial charge in [-0.2, -0.15) is 11.8 Å². The third-order valence-electron chi connectivity index (χ3n) is 4.59. The fraction of sp³-hybridized carbons (Fsp3) is 0.944. The first-order chi connectivity index (χ1) is 10.6. The van der Waals surface area contributed by atoms with Gasteiger partial charge in [-0.05, 0) is 58.1 Å². The number of nitrogens with zero attached hydrogens (tertiary/aromatic N) is 1.